The summed E-state index contributed by atoms with van der Waals surface area (Å²) in [5.74, 6) is 0.337. The Bertz CT molecular complexity index is 508. The molecule has 0 fully saturated rings. The molecule has 16 heavy (non-hydrogen) atoms. The van der Waals surface area contributed by atoms with Crippen molar-refractivity contribution < 1.29 is 14.1 Å². The van der Waals surface area contributed by atoms with E-state index in [0.29, 0.717) is 5.82 Å². The predicted octanol–water partition coefficient (Wildman–Crippen LogP) is 2.28. The van der Waals surface area contributed by atoms with Crippen LogP contribution in [0.1, 0.15) is 5.89 Å². The van der Waals surface area contributed by atoms with E-state index in [1.807, 2.05) is 12.1 Å². The lowest BCUT2D eigenvalue weighted by atomic mass is 10.4. The van der Waals surface area contributed by atoms with Gasteiger partial charge in [0.1, 0.15) is 6.42 Å². The van der Waals surface area contributed by atoms with Crippen molar-refractivity contribution in [3.63, 3.8) is 0 Å². The van der Waals surface area contributed by atoms with Gasteiger partial charge in [-0.3, -0.25) is 4.79 Å². The number of methoxy groups -OCH3 is 1. The minimum atomic E-state index is -0.400. The summed E-state index contributed by atoms with van der Waals surface area (Å²) in [6.45, 7) is 0. The Morgan fingerprint density at radius 1 is 1.62 bits per heavy atom. The molecule has 0 aliphatic carbocycles. The average Bonchev–Trinajstić information content (AvgIpc) is 2.87. The van der Waals surface area contributed by atoms with Gasteiger partial charge in [0.05, 0.1) is 15.8 Å². The van der Waals surface area contributed by atoms with E-state index < -0.39 is 5.97 Å². The van der Waals surface area contributed by atoms with Crippen LogP contribution >= 0.6 is 27.3 Å². The second-order valence-corrected chi connectivity index (χ2v) is 5.33. The molecule has 0 aromatic carbocycles. The molecule has 2 heterocycles. The fourth-order valence-corrected chi connectivity index (χ4v) is 2.37. The molecule has 0 atom stereocenters. The van der Waals surface area contributed by atoms with Gasteiger partial charge in [-0.1, -0.05) is 5.16 Å². The third-order valence-electron chi connectivity index (χ3n) is 1.78. The number of thiophene rings is 1. The predicted molar refractivity (Wildman–Crippen MR) is 61.0 cm³/mol. The van der Waals surface area contributed by atoms with Gasteiger partial charge in [-0.25, -0.2) is 0 Å². The van der Waals surface area contributed by atoms with Crippen molar-refractivity contribution >= 4 is 33.2 Å². The summed E-state index contributed by atoms with van der Waals surface area (Å²) in [6, 6.07) is 3.78. The van der Waals surface area contributed by atoms with Crippen molar-refractivity contribution in [3.05, 3.63) is 21.8 Å². The third-order valence-corrected chi connectivity index (χ3v) is 3.40. The largest absolute Gasteiger partial charge is 0.469 e. The fourth-order valence-electron chi connectivity index (χ4n) is 1.06. The van der Waals surface area contributed by atoms with Gasteiger partial charge in [-0.05, 0) is 28.1 Å². The summed E-state index contributed by atoms with van der Waals surface area (Å²) < 4.78 is 10.4. The van der Waals surface area contributed by atoms with Gasteiger partial charge >= 0.3 is 5.97 Å². The lowest BCUT2D eigenvalue weighted by Gasteiger charge is -1.91. The highest BCUT2D eigenvalue weighted by Gasteiger charge is 2.13. The highest BCUT2D eigenvalue weighted by atomic mass is 79.9. The molecule has 0 saturated heterocycles. The van der Waals surface area contributed by atoms with Crippen molar-refractivity contribution in [2.75, 3.05) is 7.11 Å². The summed E-state index contributed by atoms with van der Waals surface area (Å²) in [5.41, 5.74) is 0. The Kier molecular flexibility index (Phi) is 3.35. The Labute approximate surface area is 104 Å². The second-order valence-electron chi connectivity index (χ2n) is 2.87. The molecule has 0 spiro atoms. The van der Waals surface area contributed by atoms with Gasteiger partial charge < -0.3 is 9.26 Å². The molecule has 2 rings (SSSR count). The number of esters is 1. The van der Waals surface area contributed by atoms with Crippen LogP contribution in [-0.2, 0) is 16.0 Å². The maximum atomic E-state index is 11.0. The SMILES string of the molecule is COC(=O)Cc1nc(-c2ccc(Br)s2)no1. The molecule has 0 saturated carbocycles. The fraction of sp³-hybridized carbons (Fsp3) is 0.222. The topological polar surface area (TPSA) is 65.2 Å². The first-order chi connectivity index (χ1) is 7.69. The molecule has 0 aliphatic heterocycles. The maximum absolute atomic E-state index is 11.0. The zero-order valence-electron chi connectivity index (χ0n) is 8.27. The Hall–Kier alpha value is -1.21. The smallest absolute Gasteiger partial charge is 0.315 e. The minimum absolute atomic E-state index is 0.00392. The molecule has 0 unspecified atom stereocenters. The standard InChI is InChI=1S/C9H7BrN2O3S/c1-14-8(13)4-7-11-9(12-15-7)5-2-3-6(10)16-5/h2-3H,4H2,1H3. The first-order valence-electron chi connectivity index (χ1n) is 4.34. The molecular formula is C9H7BrN2O3S. The van der Waals surface area contributed by atoms with E-state index in [1.165, 1.54) is 18.4 Å². The summed E-state index contributed by atoms with van der Waals surface area (Å²) in [6.07, 6.45) is -0.00392. The lowest BCUT2D eigenvalue weighted by molar-refractivity contribution is -0.140. The monoisotopic (exact) mass is 302 g/mol. The van der Waals surface area contributed by atoms with E-state index >= 15 is 0 Å². The molecule has 7 heteroatoms. The quantitative estimate of drug-likeness (QED) is 0.814. The number of hydrogen-bond acceptors (Lipinski definition) is 6. The zero-order chi connectivity index (χ0) is 11.5. The number of carbonyl (C=O) groups is 1. The highest BCUT2D eigenvalue weighted by Crippen LogP contribution is 2.29. The van der Waals surface area contributed by atoms with Gasteiger partial charge in [0.25, 0.3) is 0 Å². The number of hydrogen-bond donors (Lipinski definition) is 0. The van der Waals surface area contributed by atoms with E-state index in [1.54, 1.807) is 0 Å². The maximum Gasteiger partial charge on any atom is 0.315 e. The molecule has 5 nitrogen and oxygen atoms in total. The number of aromatic nitrogens is 2. The van der Waals surface area contributed by atoms with Gasteiger partial charge in [0.15, 0.2) is 0 Å². The van der Waals surface area contributed by atoms with Gasteiger partial charge in [-0.2, -0.15) is 4.98 Å². The van der Waals surface area contributed by atoms with Crippen molar-refractivity contribution in [1.29, 1.82) is 0 Å². The first-order valence-corrected chi connectivity index (χ1v) is 5.95. The van der Waals surface area contributed by atoms with Crippen molar-refractivity contribution in [2.45, 2.75) is 6.42 Å². The zero-order valence-corrected chi connectivity index (χ0v) is 10.7. The third kappa shape index (κ3) is 2.48. The van der Waals surface area contributed by atoms with Gasteiger partial charge in [0.2, 0.25) is 11.7 Å². The molecule has 2 aromatic rings. The summed E-state index contributed by atoms with van der Waals surface area (Å²) in [4.78, 5) is 16.0. The first kappa shape index (κ1) is 11.3. The number of halogens is 1. The molecule has 0 radical (unpaired) electrons. The Morgan fingerprint density at radius 2 is 2.44 bits per heavy atom. The molecule has 0 N–H and O–H groups in total. The van der Waals surface area contributed by atoms with Crippen molar-refractivity contribution in [1.82, 2.24) is 10.1 Å². The molecular weight excluding hydrogens is 296 g/mol. The van der Waals surface area contributed by atoms with E-state index in [-0.39, 0.29) is 12.3 Å². The van der Waals surface area contributed by atoms with Crippen LogP contribution in [0.5, 0.6) is 0 Å². The molecule has 0 amide bonds. The highest BCUT2D eigenvalue weighted by molar-refractivity contribution is 9.11. The normalized spacial score (nSPS) is 10.4. The molecule has 0 aliphatic rings. The number of ether oxygens (including phenoxy) is 1. The molecule has 0 bridgehead atoms. The molecule has 84 valence electrons. The van der Waals surface area contributed by atoms with Crippen LogP contribution in [0.15, 0.2) is 20.4 Å². The average molecular weight is 303 g/mol. The second kappa shape index (κ2) is 4.75. The summed E-state index contributed by atoms with van der Waals surface area (Å²) in [7, 11) is 1.32. The van der Waals surface area contributed by atoms with Crippen LogP contribution in [0.25, 0.3) is 10.7 Å². The van der Waals surface area contributed by atoms with Gasteiger partial charge in [-0.15, -0.1) is 11.3 Å². The van der Waals surface area contributed by atoms with Crippen LogP contribution in [0.2, 0.25) is 0 Å². The van der Waals surface area contributed by atoms with E-state index in [9.17, 15) is 4.79 Å². The summed E-state index contributed by atoms with van der Waals surface area (Å²) >= 11 is 4.84. The van der Waals surface area contributed by atoms with Crippen LogP contribution in [0.3, 0.4) is 0 Å². The molecule has 2 aromatic heterocycles. The lowest BCUT2D eigenvalue weighted by Crippen LogP contribution is -2.04. The Morgan fingerprint density at radius 3 is 3.06 bits per heavy atom. The van der Waals surface area contributed by atoms with E-state index in [2.05, 4.69) is 30.8 Å². The van der Waals surface area contributed by atoms with Crippen LogP contribution in [-0.4, -0.2) is 23.2 Å². The van der Waals surface area contributed by atoms with Crippen LogP contribution in [0, 0.1) is 0 Å². The van der Waals surface area contributed by atoms with E-state index in [0.717, 1.165) is 8.66 Å². The summed E-state index contributed by atoms with van der Waals surface area (Å²) in [5, 5.41) is 3.78. The number of nitrogens with zero attached hydrogens (tertiary/aromatic N) is 2. The number of carbonyl (C=O) groups excluding carboxylic acids is 1. The minimum Gasteiger partial charge on any atom is -0.469 e. The van der Waals surface area contributed by atoms with E-state index in [4.69, 9.17) is 4.52 Å². The van der Waals surface area contributed by atoms with Crippen molar-refractivity contribution in [2.24, 2.45) is 0 Å². The van der Waals surface area contributed by atoms with Gasteiger partial charge in [0, 0.05) is 0 Å². The van der Waals surface area contributed by atoms with Crippen LogP contribution in [0.4, 0.5) is 0 Å². The van der Waals surface area contributed by atoms with Crippen molar-refractivity contribution in [3.8, 4) is 10.7 Å². The Balaban J connectivity index is 2.16. The number of rotatable bonds is 3. The van der Waals surface area contributed by atoms with Crippen LogP contribution < -0.4 is 0 Å².